The van der Waals surface area contributed by atoms with Gasteiger partial charge in [-0.3, -0.25) is 0 Å². The minimum atomic E-state index is -0.0940. The number of carbonyl (C=O) groups excluding carboxylic acids is 1. The van der Waals surface area contributed by atoms with Crippen molar-refractivity contribution in [2.75, 3.05) is 20.2 Å². The van der Waals surface area contributed by atoms with E-state index in [1.807, 2.05) is 13.8 Å². The normalized spacial score (nSPS) is 12.0. The molecule has 1 atom stereocenters. The van der Waals surface area contributed by atoms with E-state index in [0.717, 1.165) is 12.0 Å². The molecule has 0 aliphatic carbocycles. The first-order chi connectivity index (χ1) is 6.97. The number of urea groups is 1. The molecule has 88 valence electrons. The van der Waals surface area contributed by atoms with Gasteiger partial charge < -0.3 is 15.3 Å². The van der Waals surface area contributed by atoms with Crippen molar-refractivity contribution in [3.8, 4) is 0 Å². The minimum absolute atomic E-state index is 0.0940. The molecule has 4 nitrogen and oxygen atoms in total. The second kappa shape index (κ2) is 7.29. The molecule has 15 heavy (non-hydrogen) atoms. The first-order valence-electron chi connectivity index (χ1n) is 5.24. The fourth-order valence-corrected chi connectivity index (χ4v) is 1.27. The van der Waals surface area contributed by atoms with Gasteiger partial charge >= 0.3 is 6.03 Å². The average Bonchev–Trinajstić information content (AvgIpc) is 2.13. The van der Waals surface area contributed by atoms with E-state index in [4.69, 9.17) is 5.11 Å². The van der Waals surface area contributed by atoms with Crippen LogP contribution in [-0.4, -0.2) is 42.3 Å². The van der Waals surface area contributed by atoms with Crippen LogP contribution >= 0.6 is 0 Å². The highest BCUT2D eigenvalue weighted by Crippen LogP contribution is 1.98. The number of likely N-dealkylation sites (N-methyl/N-ethyl adjacent to an activating group) is 1. The van der Waals surface area contributed by atoms with Crippen LogP contribution in [0.5, 0.6) is 0 Å². The topological polar surface area (TPSA) is 52.6 Å². The maximum absolute atomic E-state index is 11.6. The second-order valence-corrected chi connectivity index (χ2v) is 4.03. The van der Waals surface area contributed by atoms with Gasteiger partial charge in [0.05, 0.1) is 0 Å². The smallest absolute Gasteiger partial charge is 0.317 e. The SMILES string of the molecule is C=C(C)CN(C)C(=O)NC(C)CCCO. The Morgan fingerprint density at radius 3 is 2.67 bits per heavy atom. The predicted molar refractivity (Wildman–Crippen MR) is 61.8 cm³/mol. The molecule has 1 unspecified atom stereocenters. The van der Waals surface area contributed by atoms with Crippen molar-refractivity contribution in [2.24, 2.45) is 0 Å². The van der Waals surface area contributed by atoms with Gasteiger partial charge in [-0.05, 0) is 26.7 Å². The van der Waals surface area contributed by atoms with Crippen molar-refractivity contribution in [3.63, 3.8) is 0 Å². The van der Waals surface area contributed by atoms with Crippen molar-refractivity contribution in [1.29, 1.82) is 0 Å². The third kappa shape index (κ3) is 6.96. The van der Waals surface area contributed by atoms with E-state index in [2.05, 4.69) is 11.9 Å². The van der Waals surface area contributed by atoms with Gasteiger partial charge in [0.1, 0.15) is 0 Å². The van der Waals surface area contributed by atoms with Gasteiger partial charge in [-0.2, -0.15) is 0 Å². The number of carbonyl (C=O) groups is 1. The fourth-order valence-electron chi connectivity index (χ4n) is 1.27. The van der Waals surface area contributed by atoms with Crippen LogP contribution in [0.1, 0.15) is 26.7 Å². The summed E-state index contributed by atoms with van der Waals surface area (Å²) < 4.78 is 0. The zero-order chi connectivity index (χ0) is 11.8. The lowest BCUT2D eigenvalue weighted by Crippen LogP contribution is -2.42. The highest BCUT2D eigenvalue weighted by Gasteiger charge is 2.11. The standard InChI is InChI=1S/C11H22N2O2/c1-9(2)8-13(4)11(15)12-10(3)6-5-7-14/h10,14H,1,5-8H2,2-4H3,(H,12,15). The fraction of sp³-hybridized carbons (Fsp3) is 0.727. The van der Waals surface area contributed by atoms with Crippen LogP contribution in [0.4, 0.5) is 4.79 Å². The number of aliphatic hydroxyl groups excluding tert-OH is 1. The lowest BCUT2D eigenvalue weighted by atomic mass is 10.2. The van der Waals surface area contributed by atoms with E-state index < -0.39 is 0 Å². The monoisotopic (exact) mass is 214 g/mol. The molecular formula is C11H22N2O2. The second-order valence-electron chi connectivity index (χ2n) is 4.03. The first kappa shape index (κ1) is 14.0. The van der Waals surface area contributed by atoms with Crippen LogP contribution in [0.3, 0.4) is 0 Å². The van der Waals surface area contributed by atoms with Crippen molar-refractivity contribution >= 4 is 6.03 Å². The van der Waals surface area contributed by atoms with Crippen LogP contribution < -0.4 is 5.32 Å². The van der Waals surface area contributed by atoms with Crippen molar-refractivity contribution in [2.45, 2.75) is 32.7 Å². The number of amides is 2. The van der Waals surface area contributed by atoms with Gasteiger partial charge in [-0.25, -0.2) is 4.79 Å². The van der Waals surface area contributed by atoms with Crippen LogP contribution in [0, 0.1) is 0 Å². The summed E-state index contributed by atoms with van der Waals surface area (Å²) in [5, 5.41) is 11.5. The molecule has 0 rings (SSSR count). The van der Waals surface area contributed by atoms with E-state index >= 15 is 0 Å². The predicted octanol–water partition coefficient (Wildman–Crippen LogP) is 1.36. The first-order valence-corrected chi connectivity index (χ1v) is 5.24. The summed E-state index contributed by atoms with van der Waals surface area (Å²) >= 11 is 0. The number of rotatable bonds is 6. The lowest BCUT2D eigenvalue weighted by Gasteiger charge is -2.21. The molecule has 0 spiro atoms. The number of nitrogens with zero attached hydrogens (tertiary/aromatic N) is 1. The summed E-state index contributed by atoms with van der Waals surface area (Å²) in [5.41, 5.74) is 0.954. The Hall–Kier alpha value is -1.03. The van der Waals surface area contributed by atoms with E-state index in [0.29, 0.717) is 13.0 Å². The number of hydrogen-bond donors (Lipinski definition) is 2. The molecule has 0 aliphatic heterocycles. The Labute approximate surface area is 92.0 Å². The quantitative estimate of drug-likeness (QED) is 0.656. The van der Waals surface area contributed by atoms with Gasteiger partial charge in [0, 0.05) is 26.2 Å². The van der Waals surface area contributed by atoms with Crippen LogP contribution in [0.15, 0.2) is 12.2 Å². The molecule has 0 saturated carbocycles. The molecule has 0 aromatic rings. The Balaban J connectivity index is 3.85. The molecule has 0 bridgehead atoms. The molecule has 2 amide bonds. The van der Waals surface area contributed by atoms with Gasteiger partial charge in [0.15, 0.2) is 0 Å². The van der Waals surface area contributed by atoms with E-state index in [1.165, 1.54) is 0 Å². The Morgan fingerprint density at radius 1 is 1.60 bits per heavy atom. The van der Waals surface area contributed by atoms with Crippen LogP contribution in [-0.2, 0) is 0 Å². The summed E-state index contributed by atoms with van der Waals surface area (Å²) in [6.45, 7) is 8.31. The van der Waals surface area contributed by atoms with E-state index in [1.54, 1.807) is 11.9 Å². The average molecular weight is 214 g/mol. The molecule has 0 radical (unpaired) electrons. The van der Waals surface area contributed by atoms with Crippen molar-refractivity contribution < 1.29 is 9.90 Å². The molecule has 0 heterocycles. The maximum atomic E-state index is 11.6. The zero-order valence-electron chi connectivity index (χ0n) is 9.92. The van der Waals surface area contributed by atoms with E-state index in [9.17, 15) is 4.79 Å². The van der Waals surface area contributed by atoms with Gasteiger partial charge in [0.25, 0.3) is 0 Å². The molecule has 0 aromatic heterocycles. The Bertz CT molecular complexity index is 217. The van der Waals surface area contributed by atoms with Crippen LogP contribution in [0.2, 0.25) is 0 Å². The Kier molecular flexibility index (Phi) is 6.79. The third-order valence-electron chi connectivity index (χ3n) is 2.02. The minimum Gasteiger partial charge on any atom is -0.396 e. The van der Waals surface area contributed by atoms with Crippen molar-refractivity contribution in [1.82, 2.24) is 10.2 Å². The Morgan fingerprint density at radius 2 is 2.20 bits per heavy atom. The zero-order valence-corrected chi connectivity index (χ0v) is 9.92. The molecule has 0 aliphatic rings. The van der Waals surface area contributed by atoms with Crippen LogP contribution in [0.25, 0.3) is 0 Å². The largest absolute Gasteiger partial charge is 0.396 e. The number of hydrogen-bond acceptors (Lipinski definition) is 2. The summed E-state index contributed by atoms with van der Waals surface area (Å²) in [6, 6.07) is 0.000612. The molecule has 0 aromatic carbocycles. The summed E-state index contributed by atoms with van der Waals surface area (Å²) in [7, 11) is 1.74. The van der Waals surface area contributed by atoms with E-state index in [-0.39, 0.29) is 18.7 Å². The van der Waals surface area contributed by atoms with Gasteiger partial charge in [-0.1, -0.05) is 12.2 Å². The molecule has 4 heteroatoms. The number of aliphatic hydroxyl groups is 1. The molecule has 0 saturated heterocycles. The summed E-state index contributed by atoms with van der Waals surface area (Å²) in [6.07, 6.45) is 1.51. The van der Waals surface area contributed by atoms with Crippen molar-refractivity contribution in [3.05, 3.63) is 12.2 Å². The molecule has 0 fully saturated rings. The van der Waals surface area contributed by atoms with Gasteiger partial charge in [-0.15, -0.1) is 0 Å². The lowest BCUT2D eigenvalue weighted by molar-refractivity contribution is 0.206. The van der Waals surface area contributed by atoms with Gasteiger partial charge in [0.2, 0.25) is 0 Å². The maximum Gasteiger partial charge on any atom is 0.317 e. The summed E-state index contributed by atoms with van der Waals surface area (Å²) in [5.74, 6) is 0. The highest BCUT2D eigenvalue weighted by molar-refractivity contribution is 5.74. The molecular weight excluding hydrogens is 192 g/mol. The number of nitrogens with one attached hydrogen (secondary N) is 1. The highest BCUT2D eigenvalue weighted by atomic mass is 16.3. The summed E-state index contributed by atoms with van der Waals surface area (Å²) in [4.78, 5) is 13.2. The third-order valence-corrected chi connectivity index (χ3v) is 2.02. The molecule has 2 N–H and O–H groups in total.